The number of benzene rings is 2. The van der Waals surface area contributed by atoms with Crippen LogP contribution in [0.4, 0.5) is 4.39 Å². The normalized spacial score (nSPS) is 12.1. The van der Waals surface area contributed by atoms with Gasteiger partial charge in [0.05, 0.1) is 0 Å². The van der Waals surface area contributed by atoms with E-state index in [1.807, 2.05) is 42.8 Å². The third kappa shape index (κ3) is 5.89. The molecule has 1 heterocycles. The zero-order chi connectivity index (χ0) is 18.9. The van der Waals surface area contributed by atoms with Gasteiger partial charge in [0, 0.05) is 36.0 Å². The van der Waals surface area contributed by atoms with Crippen LogP contribution in [0.1, 0.15) is 28.5 Å². The van der Waals surface area contributed by atoms with E-state index in [0.29, 0.717) is 24.4 Å². The minimum absolute atomic E-state index is 0.0705. The van der Waals surface area contributed by atoms with E-state index in [-0.39, 0.29) is 11.9 Å². The summed E-state index contributed by atoms with van der Waals surface area (Å²) in [6.07, 6.45) is 0.762. The van der Waals surface area contributed by atoms with Crippen molar-refractivity contribution in [2.45, 2.75) is 25.6 Å². The average Bonchev–Trinajstić information content (AvgIpc) is 3.22. The predicted molar refractivity (Wildman–Crippen MR) is 110 cm³/mol. The fraction of sp³-hybridized carbons (Fsp3) is 0.273. The van der Waals surface area contributed by atoms with Gasteiger partial charge in [-0.2, -0.15) is 0 Å². The van der Waals surface area contributed by atoms with E-state index in [1.54, 1.807) is 17.4 Å². The van der Waals surface area contributed by atoms with Crippen molar-refractivity contribution < 1.29 is 9.13 Å². The summed E-state index contributed by atoms with van der Waals surface area (Å²) >= 11 is 1.66. The molecule has 0 fully saturated rings. The smallest absolute Gasteiger partial charge is 0.134 e. The third-order valence-corrected chi connectivity index (χ3v) is 5.27. The first-order valence-corrected chi connectivity index (χ1v) is 10.0. The summed E-state index contributed by atoms with van der Waals surface area (Å²) in [6.45, 7) is 2.03. The number of nitrogens with one attached hydrogen (secondary N) is 2. The molecule has 0 amide bonds. The van der Waals surface area contributed by atoms with Gasteiger partial charge < -0.3 is 15.4 Å². The average molecular weight is 385 g/mol. The summed E-state index contributed by atoms with van der Waals surface area (Å²) in [6, 6.07) is 19.3. The first kappa shape index (κ1) is 19.5. The van der Waals surface area contributed by atoms with E-state index in [0.717, 1.165) is 17.8 Å². The molecule has 27 heavy (non-hydrogen) atoms. The van der Waals surface area contributed by atoms with Gasteiger partial charge in [0.1, 0.15) is 17.7 Å². The highest BCUT2D eigenvalue weighted by atomic mass is 32.1. The maximum atomic E-state index is 14.5. The van der Waals surface area contributed by atoms with Crippen LogP contribution < -0.4 is 15.4 Å². The molecule has 0 aliphatic heterocycles. The third-order valence-electron chi connectivity index (χ3n) is 4.31. The van der Waals surface area contributed by atoms with Crippen LogP contribution in [0.15, 0.2) is 66.0 Å². The van der Waals surface area contributed by atoms with Crippen LogP contribution in [0.3, 0.4) is 0 Å². The van der Waals surface area contributed by atoms with E-state index in [1.165, 1.54) is 11.6 Å². The molecule has 1 atom stereocenters. The van der Waals surface area contributed by atoms with Crippen LogP contribution in [0.25, 0.3) is 0 Å². The number of ether oxygens (including phenoxy) is 1. The van der Waals surface area contributed by atoms with Crippen LogP contribution >= 0.6 is 11.3 Å². The molecule has 2 N–H and O–H groups in total. The van der Waals surface area contributed by atoms with Crippen LogP contribution in [0.5, 0.6) is 5.75 Å². The number of thiophene rings is 1. The topological polar surface area (TPSA) is 33.3 Å². The molecule has 3 nitrogen and oxygen atoms in total. The molecule has 3 rings (SSSR count). The zero-order valence-electron chi connectivity index (χ0n) is 15.5. The van der Waals surface area contributed by atoms with E-state index in [4.69, 9.17) is 4.74 Å². The Hall–Kier alpha value is -2.21. The highest BCUT2D eigenvalue weighted by Crippen LogP contribution is 2.28. The fourth-order valence-corrected chi connectivity index (χ4v) is 3.64. The Bertz CT molecular complexity index is 808. The monoisotopic (exact) mass is 384 g/mol. The van der Waals surface area contributed by atoms with Crippen LogP contribution in [0.2, 0.25) is 0 Å². The molecule has 1 aromatic heterocycles. The van der Waals surface area contributed by atoms with Crippen molar-refractivity contribution in [1.29, 1.82) is 0 Å². The summed E-state index contributed by atoms with van der Waals surface area (Å²) in [4.78, 5) is 1.15. The molecule has 0 radical (unpaired) electrons. The molecule has 0 aliphatic rings. The van der Waals surface area contributed by atoms with Gasteiger partial charge in [0.2, 0.25) is 0 Å². The van der Waals surface area contributed by atoms with Crippen LogP contribution in [0, 0.1) is 5.82 Å². The van der Waals surface area contributed by atoms with Gasteiger partial charge in [-0.05, 0) is 36.7 Å². The van der Waals surface area contributed by atoms with Crippen molar-refractivity contribution in [3.63, 3.8) is 0 Å². The molecule has 3 aromatic rings. The molecule has 5 heteroatoms. The molecular weight excluding hydrogens is 359 g/mol. The van der Waals surface area contributed by atoms with Gasteiger partial charge in [-0.3, -0.25) is 0 Å². The Morgan fingerprint density at radius 2 is 1.89 bits per heavy atom. The highest BCUT2D eigenvalue weighted by molar-refractivity contribution is 7.10. The molecule has 0 aliphatic carbocycles. The largest absolute Gasteiger partial charge is 0.485 e. The minimum atomic E-state index is -0.244. The Morgan fingerprint density at radius 3 is 2.59 bits per heavy atom. The molecule has 142 valence electrons. The van der Waals surface area contributed by atoms with Crippen LogP contribution in [-0.4, -0.2) is 13.6 Å². The Kier molecular flexibility index (Phi) is 7.39. The quantitative estimate of drug-likeness (QED) is 0.521. The first-order valence-electron chi connectivity index (χ1n) is 9.14. The SMILES string of the molecule is CNCCC(Oc1ccc(CNCc2ccccc2)c(F)c1)c1cccs1. The summed E-state index contributed by atoms with van der Waals surface area (Å²) in [5.74, 6) is 0.320. The van der Waals surface area contributed by atoms with Gasteiger partial charge in [-0.15, -0.1) is 11.3 Å². The lowest BCUT2D eigenvalue weighted by Crippen LogP contribution is -2.16. The molecule has 0 saturated carbocycles. The molecular formula is C22H25FN2OS. The molecule has 1 unspecified atom stereocenters. The molecule has 2 aromatic carbocycles. The fourth-order valence-electron chi connectivity index (χ4n) is 2.86. The lowest BCUT2D eigenvalue weighted by molar-refractivity contribution is 0.198. The maximum absolute atomic E-state index is 14.5. The predicted octanol–water partition coefficient (Wildman–Crippen LogP) is 4.91. The van der Waals surface area contributed by atoms with Crippen molar-refractivity contribution in [2.75, 3.05) is 13.6 Å². The second kappa shape index (κ2) is 10.2. The Balaban J connectivity index is 1.59. The van der Waals surface area contributed by atoms with Gasteiger partial charge in [0.15, 0.2) is 0 Å². The Morgan fingerprint density at radius 1 is 1.04 bits per heavy atom. The first-order chi connectivity index (χ1) is 13.3. The molecule has 0 spiro atoms. The Labute approximate surface area is 164 Å². The number of hydrogen-bond donors (Lipinski definition) is 2. The summed E-state index contributed by atoms with van der Waals surface area (Å²) in [5, 5.41) is 8.46. The van der Waals surface area contributed by atoms with Crippen molar-refractivity contribution in [2.24, 2.45) is 0 Å². The molecule has 0 saturated heterocycles. The van der Waals surface area contributed by atoms with Crippen molar-refractivity contribution in [1.82, 2.24) is 10.6 Å². The van der Waals surface area contributed by atoms with E-state index in [9.17, 15) is 4.39 Å². The van der Waals surface area contributed by atoms with Crippen LogP contribution in [-0.2, 0) is 13.1 Å². The van der Waals surface area contributed by atoms with Crippen molar-refractivity contribution >= 4 is 11.3 Å². The standard InChI is InChI=1S/C22H25FN2OS/c1-24-12-11-21(22-8-5-13-27-22)26-19-10-9-18(20(23)14-19)16-25-15-17-6-3-2-4-7-17/h2-10,13-14,21,24-25H,11-12,15-16H2,1H3. The van der Waals surface area contributed by atoms with Gasteiger partial charge >= 0.3 is 0 Å². The van der Waals surface area contributed by atoms with Gasteiger partial charge in [0.25, 0.3) is 0 Å². The second-order valence-electron chi connectivity index (χ2n) is 6.36. The summed E-state index contributed by atoms with van der Waals surface area (Å²) < 4.78 is 20.6. The van der Waals surface area contributed by atoms with E-state index < -0.39 is 0 Å². The van der Waals surface area contributed by atoms with E-state index in [2.05, 4.69) is 28.8 Å². The van der Waals surface area contributed by atoms with E-state index >= 15 is 0 Å². The van der Waals surface area contributed by atoms with Gasteiger partial charge in [-0.1, -0.05) is 42.5 Å². The lowest BCUT2D eigenvalue weighted by atomic mass is 10.1. The summed E-state index contributed by atoms with van der Waals surface area (Å²) in [7, 11) is 1.92. The molecule has 0 bridgehead atoms. The van der Waals surface area contributed by atoms with Crippen molar-refractivity contribution in [3.05, 3.63) is 87.9 Å². The number of halogens is 1. The zero-order valence-corrected chi connectivity index (χ0v) is 16.3. The van der Waals surface area contributed by atoms with Crippen molar-refractivity contribution in [3.8, 4) is 5.75 Å². The summed E-state index contributed by atoms with van der Waals surface area (Å²) in [5.41, 5.74) is 1.82. The maximum Gasteiger partial charge on any atom is 0.134 e. The van der Waals surface area contributed by atoms with Gasteiger partial charge in [-0.25, -0.2) is 4.39 Å². The highest BCUT2D eigenvalue weighted by Gasteiger charge is 2.15. The lowest BCUT2D eigenvalue weighted by Gasteiger charge is -2.18. The number of hydrogen-bond acceptors (Lipinski definition) is 4. The number of rotatable bonds is 10. The second-order valence-corrected chi connectivity index (χ2v) is 7.34. The minimum Gasteiger partial charge on any atom is -0.485 e.